The van der Waals surface area contributed by atoms with Gasteiger partial charge in [0.25, 0.3) is 5.56 Å². The molecule has 2 aromatic rings. The van der Waals surface area contributed by atoms with Crippen LogP contribution in [0, 0.1) is 6.92 Å². The molecular formula is C15H17BrN2O2. The molecule has 1 aromatic carbocycles. The van der Waals surface area contributed by atoms with Crippen LogP contribution in [0.25, 0.3) is 10.9 Å². The molecule has 0 bridgehead atoms. The van der Waals surface area contributed by atoms with Gasteiger partial charge in [-0.05, 0) is 25.1 Å². The first kappa shape index (κ1) is 13.6. The smallest absolute Gasteiger partial charge is 0.253 e. The normalized spacial score (nSPS) is 15.7. The van der Waals surface area contributed by atoms with Gasteiger partial charge in [-0.3, -0.25) is 4.79 Å². The van der Waals surface area contributed by atoms with Crippen molar-refractivity contribution in [3.8, 4) is 0 Å². The molecule has 0 unspecified atom stereocenters. The molecule has 0 atom stereocenters. The third-order valence-electron chi connectivity index (χ3n) is 4.00. The molecule has 1 aliphatic rings. The number of hydrogen-bond donors (Lipinski definition) is 0. The fraction of sp³-hybridized carbons (Fsp3) is 0.400. The molecule has 2 heterocycles. The molecule has 0 saturated carbocycles. The molecule has 0 radical (unpaired) electrons. The third-order valence-corrected chi connectivity index (χ3v) is 4.66. The molecule has 106 valence electrons. The standard InChI is InChI=1S/C15H17BrN2O2/c1-9-4-12-13(16)5-10(18-7-11(8-18)20-3)6-14(12)17(2)15(9)19/h4-6,11H,7-8H2,1-3H3. The lowest BCUT2D eigenvalue weighted by molar-refractivity contribution is 0.0788. The molecule has 3 rings (SSSR count). The van der Waals surface area contributed by atoms with Crippen LogP contribution in [0.5, 0.6) is 0 Å². The Balaban J connectivity index is 2.12. The van der Waals surface area contributed by atoms with Crippen molar-refractivity contribution in [2.24, 2.45) is 7.05 Å². The summed E-state index contributed by atoms with van der Waals surface area (Å²) in [7, 11) is 3.56. The van der Waals surface area contributed by atoms with Gasteiger partial charge in [0, 0.05) is 48.4 Å². The maximum absolute atomic E-state index is 12.1. The summed E-state index contributed by atoms with van der Waals surface area (Å²) in [4.78, 5) is 14.3. The molecule has 4 nitrogen and oxygen atoms in total. The number of fused-ring (bicyclic) bond motifs is 1. The zero-order valence-corrected chi connectivity index (χ0v) is 13.4. The van der Waals surface area contributed by atoms with E-state index in [9.17, 15) is 4.79 Å². The van der Waals surface area contributed by atoms with E-state index in [1.54, 1.807) is 11.7 Å². The molecule has 0 amide bonds. The Hall–Kier alpha value is -1.33. The lowest BCUT2D eigenvalue weighted by Crippen LogP contribution is -2.51. The zero-order valence-electron chi connectivity index (χ0n) is 11.8. The van der Waals surface area contributed by atoms with E-state index in [-0.39, 0.29) is 5.56 Å². The second-order valence-electron chi connectivity index (χ2n) is 5.31. The number of aryl methyl sites for hydroxylation is 2. The van der Waals surface area contributed by atoms with E-state index in [2.05, 4.69) is 33.0 Å². The number of benzene rings is 1. The largest absolute Gasteiger partial charge is 0.378 e. The number of hydrogen-bond acceptors (Lipinski definition) is 3. The number of ether oxygens (including phenoxy) is 1. The molecule has 1 aromatic heterocycles. The van der Waals surface area contributed by atoms with Crippen LogP contribution in [0.2, 0.25) is 0 Å². The maximum Gasteiger partial charge on any atom is 0.253 e. The molecule has 20 heavy (non-hydrogen) atoms. The van der Waals surface area contributed by atoms with Crippen molar-refractivity contribution >= 4 is 32.5 Å². The molecule has 1 fully saturated rings. The highest BCUT2D eigenvalue weighted by Crippen LogP contribution is 2.32. The first-order valence-corrected chi connectivity index (χ1v) is 7.38. The van der Waals surface area contributed by atoms with Crippen LogP contribution in [0.15, 0.2) is 27.5 Å². The zero-order chi connectivity index (χ0) is 14.4. The van der Waals surface area contributed by atoms with Crippen LogP contribution in [0.3, 0.4) is 0 Å². The Morgan fingerprint density at radius 1 is 1.30 bits per heavy atom. The number of anilines is 1. The van der Waals surface area contributed by atoms with Gasteiger partial charge in [0.2, 0.25) is 0 Å². The van der Waals surface area contributed by atoms with Crippen LogP contribution in [0.4, 0.5) is 5.69 Å². The summed E-state index contributed by atoms with van der Waals surface area (Å²) >= 11 is 3.62. The third kappa shape index (κ3) is 2.05. The van der Waals surface area contributed by atoms with E-state index >= 15 is 0 Å². The van der Waals surface area contributed by atoms with Crippen molar-refractivity contribution in [3.05, 3.63) is 38.6 Å². The summed E-state index contributed by atoms with van der Waals surface area (Å²) < 4.78 is 8.04. The second kappa shape index (κ2) is 4.90. The summed E-state index contributed by atoms with van der Waals surface area (Å²) in [5.74, 6) is 0. The van der Waals surface area contributed by atoms with Crippen LogP contribution < -0.4 is 10.5 Å². The van der Waals surface area contributed by atoms with Gasteiger partial charge in [0.1, 0.15) is 0 Å². The highest BCUT2D eigenvalue weighted by molar-refractivity contribution is 9.10. The summed E-state index contributed by atoms with van der Waals surface area (Å²) in [6.45, 7) is 3.64. The van der Waals surface area contributed by atoms with Gasteiger partial charge in [0.05, 0.1) is 11.6 Å². The lowest BCUT2D eigenvalue weighted by Gasteiger charge is -2.40. The van der Waals surface area contributed by atoms with Crippen molar-refractivity contribution in [2.75, 3.05) is 25.1 Å². The summed E-state index contributed by atoms with van der Waals surface area (Å²) in [6, 6.07) is 6.13. The van der Waals surface area contributed by atoms with Gasteiger partial charge in [-0.1, -0.05) is 15.9 Å². The Kier molecular flexibility index (Phi) is 3.34. The summed E-state index contributed by atoms with van der Waals surface area (Å²) in [5, 5.41) is 1.07. The van der Waals surface area contributed by atoms with E-state index in [0.29, 0.717) is 6.10 Å². The highest BCUT2D eigenvalue weighted by Gasteiger charge is 2.27. The Morgan fingerprint density at radius 3 is 2.65 bits per heavy atom. The number of pyridine rings is 1. The van der Waals surface area contributed by atoms with Crippen molar-refractivity contribution in [2.45, 2.75) is 13.0 Å². The van der Waals surface area contributed by atoms with Crippen molar-refractivity contribution < 1.29 is 4.74 Å². The minimum Gasteiger partial charge on any atom is -0.378 e. The van der Waals surface area contributed by atoms with Crippen LogP contribution >= 0.6 is 15.9 Å². The highest BCUT2D eigenvalue weighted by atomic mass is 79.9. The first-order chi connectivity index (χ1) is 9.51. The molecule has 1 saturated heterocycles. The quantitative estimate of drug-likeness (QED) is 0.844. The average Bonchev–Trinajstić information content (AvgIpc) is 2.36. The SMILES string of the molecule is COC1CN(c2cc(Br)c3cc(C)c(=O)n(C)c3c2)C1. The number of aromatic nitrogens is 1. The fourth-order valence-corrected chi connectivity index (χ4v) is 3.19. The van der Waals surface area contributed by atoms with Gasteiger partial charge in [0.15, 0.2) is 0 Å². The van der Waals surface area contributed by atoms with Crippen molar-refractivity contribution in [1.82, 2.24) is 4.57 Å². The molecular weight excluding hydrogens is 320 g/mol. The number of methoxy groups -OCH3 is 1. The number of nitrogens with zero attached hydrogens (tertiary/aromatic N) is 2. The van der Waals surface area contributed by atoms with E-state index in [1.165, 1.54) is 0 Å². The van der Waals surface area contributed by atoms with Crippen LogP contribution in [-0.2, 0) is 11.8 Å². The van der Waals surface area contributed by atoms with Gasteiger partial charge in [-0.15, -0.1) is 0 Å². The topological polar surface area (TPSA) is 34.5 Å². The molecule has 1 aliphatic heterocycles. The minimum absolute atomic E-state index is 0.0555. The average molecular weight is 337 g/mol. The molecule has 0 spiro atoms. The van der Waals surface area contributed by atoms with Crippen molar-refractivity contribution in [3.63, 3.8) is 0 Å². The van der Waals surface area contributed by atoms with Gasteiger partial charge < -0.3 is 14.2 Å². The predicted molar refractivity (Wildman–Crippen MR) is 84.6 cm³/mol. The van der Waals surface area contributed by atoms with E-state index in [4.69, 9.17) is 4.74 Å². The Morgan fingerprint density at radius 2 is 2.00 bits per heavy atom. The van der Waals surface area contributed by atoms with Gasteiger partial charge >= 0.3 is 0 Å². The first-order valence-electron chi connectivity index (χ1n) is 6.59. The van der Waals surface area contributed by atoms with E-state index in [0.717, 1.165) is 39.7 Å². The van der Waals surface area contributed by atoms with Gasteiger partial charge in [-0.2, -0.15) is 0 Å². The number of rotatable bonds is 2. The van der Waals surface area contributed by atoms with Crippen LogP contribution in [0.1, 0.15) is 5.56 Å². The molecule has 0 N–H and O–H groups in total. The molecule has 5 heteroatoms. The monoisotopic (exact) mass is 336 g/mol. The lowest BCUT2D eigenvalue weighted by atomic mass is 10.1. The number of halogens is 1. The second-order valence-corrected chi connectivity index (χ2v) is 6.17. The Labute approximate surface area is 126 Å². The maximum atomic E-state index is 12.1. The van der Waals surface area contributed by atoms with Gasteiger partial charge in [-0.25, -0.2) is 0 Å². The fourth-order valence-electron chi connectivity index (χ4n) is 2.64. The molecule has 0 aliphatic carbocycles. The van der Waals surface area contributed by atoms with Crippen LogP contribution in [-0.4, -0.2) is 30.9 Å². The van der Waals surface area contributed by atoms with E-state index in [1.807, 2.05) is 20.0 Å². The predicted octanol–water partition coefficient (Wildman–Crippen LogP) is 2.44. The minimum atomic E-state index is 0.0555. The van der Waals surface area contributed by atoms with Crippen molar-refractivity contribution in [1.29, 1.82) is 0 Å². The summed E-state index contributed by atoms with van der Waals surface area (Å²) in [6.07, 6.45) is 0.311. The van der Waals surface area contributed by atoms with E-state index < -0.39 is 0 Å². The summed E-state index contributed by atoms with van der Waals surface area (Å²) in [5.41, 5.74) is 2.89. The Bertz CT molecular complexity index is 733.